The van der Waals surface area contributed by atoms with Crippen molar-refractivity contribution in [3.05, 3.63) is 0 Å². The summed E-state index contributed by atoms with van der Waals surface area (Å²) in [4.78, 5) is 25.0. The van der Waals surface area contributed by atoms with Crippen LogP contribution < -0.4 is 5.32 Å². The van der Waals surface area contributed by atoms with Gasteiger partial charge in [0, 0.05) is 18.5 Å². The van der Waals surface area contributed by atoms with Gasteiger partial charge in [0.25, 0.3) is 0 Å². The topological polar surface area (TPSA) is 67.9 Å². The van der Waals surface area contributed by atoms with Crippen LogP contribution in [0.3, 0.4) is 0 Å². The van der Waals surface area contributed by atoms with Gasteiger partial charge >= 0.3 is 12.2 Å². The summed E-state index contributed by atoms with van der Waals surface area (Å²) in [7, 11) is 0. The van der Waals surface area contributed by atoms with E-state index in [0.29, 0.717) is 12.5 Å². The molecule has 1 N–H and O–H groups in total. The summed E-state index contributed by atoms with van der Waals surface area (Å²) < 4.78 is 10.7. The summed E-state index contributed by atoms with van der Waals surface area (Å²) in [6, 6.07) is 0.164. The number of nitrogens with zero attached hydrogens (tertiary/aromatic N) is 1. The maximum absolute atomic E-state index is 12.1. The van der Waals surface area contributed by atoms with Crippen LogP contribution in [0, 0.1) is 11.8 Å². The first-order valence-corrected chi connectivity index (χ1v) is 6.79. The molecule has 4 rings (SSSR count). The van der Waals surface area contributed by atoms with Gasteiger partial charge < -0.3 is 19.7 Å². The van der Waals surface area contributed by atoms with E-state index >= 15 is 0 Å². The van der Waals surface area contributed by atoms with Crippen molar-refractivity contribution in [1.29, 1.82) is 0 Å². The molecule has 4 fully saturated rings. The molecule has 3 aliphatic heterocycles. The van der Waals surface area contributed by atoms with E-state index in [0.717, 1.165) is 13.0 Å². The second-order valence-electron chi connectivity index (χ2n) is 6.60. The molecule has 106 valence electrons. The normalized spacial score (nSPS) is 36.6. The van der Waals surface area contributed by atoms with Gasteiger partial charge in [-0.05, 0) is 33.1 Å². The molecule has 4 atom stereocenters. The maximum Gasteiger partial charge on any atom is 0.410 e. The molecule has 4 aliphatic rings. The van der Waals surface area contributed by atoms with E-state index in [1.807, 2.05) is 20.8 Å². The molecule has 3 heterocycles. The van der Waals surface area contributed by atoms with Crippen molar-refractivity contribution in [3.63, 3.8) is 0 Å². The number of ether oxygens (including phenoxy) is 2. The smallest absolute Gasteiger partial charge is 0.410 e. The molecule has 3 saturated heterocycles. The van der Waals surface area contributed by atoms with Gasteiger partial charge in [0.15, 0.2) is 0 Å². The summed E-state index contributed by atoms with van der Waals surface area (Å²) in [5, 5.41) is 2.67. The van der Waals surface area contributed by atoms with Gasteiger partial charge in [0.2, 0.25) is 0 Å². The zero-order chi connectivity index (χ0) is 13.8. The standard InChI is InChI=1S/C13H20N2O4/c1-13(2,3)19-12(17)15-6-7-4-8(15)10(7)9-5-14-11(16)18-9/h7-10H,4-6H2,1-3H3,(H,14,16)/t7-,8-,9?,10?/m0/s1. The Morgan fingerprint density at radius 3 is 2.79 bits per heavy atom. The SMILES string of the molecule is CC(C)(C)OC(=O)N1C[C@@H]2C[C@H]1C2C1CNC(=O)O1. The van der Waals surface area contributed by atoms with Crippen molar-refractivity contribution in [3.8, 4) is 0 Å². The molecule has 0 aromatic heterocycles. The van der Waals surface area contributed by atoms with Gasteiger partial charge in [-0.2, -0.15) is 0 Å². The lowest BCUT2D eigenvalue weighted by molar-refractivity contribution is 0.00280. The zero-order valence-corrected chi connectivity index (χ0v) is 11.5. The molecule has 6 nitrogen and oxygen atoms in total. The van der Waals surface area contributed by atoms with Crippen LogP contribution >= 0.6 is 0 Å². The Bertz CT molecular complexity index is 417. The average Bonchev–Trinajstić information content (AvgIpc) is 2.88. The Hall–Kier alpha value is -1.46. The lowest BCUT2D eigenvalue weighted by Crippen LogP contribution is -2.48. The summed E-state index contributed by atoms with van der Waals surface area (Å²) in [5.74, 6) is 0.710. The van der Waals surface area contributed by atoms with Crippen LogP contribution in [0.15, 0.2) is 0 Å². The van der Waals surface area contributed by atoms with Crippen LogP contribution in [0.2, 0.25) is 0 Å². The van der Waals surface area contributed by atoms with Crippen molar-refractivity contribution in [2.24, 2.45) is 11.8 Å². The monoisotopic (exact) mass is 268 g/mol. The van der Waals surface area contributed by atoms with Crippen molar-refractivity contribution in [2.45, 2.75) is 44.9 Å². The van der Waals surface area contributed by atoms with Crippen LogP contribution in [-0.4, -0.2) is 47.9 Å². The molecule has 0 aromatic rings. The van der Waals surface area contributed by atoms with Crippen LogP contribution in [0.5, 0.6) is 0 Å². The highest BCUT2D eigenvalue weighted by molar-refractivity contribution is 5.71. The fraction of sp³-hybridized carbons (Fsp3) is 0.846. The Morgan fingerprint density at radius 2 is 2.21 bits per heavy atom. The Balaban J connectivity index is 1.63. The van der Waals surface area contributed by atoms with Crippen molar-refractivity contribution < 1.29 is 19.1 Å². The number of carbonyl (C=O) groups is 2. The molecule has 6 heteroatoms. The van der Waals surface area contributed by atoms with Crippen LogP contribution in [0.1, 0.15) is 27.2 Å². The van der Waals surface area contributed by atoms with Gasteiger partial charge in [0.1, 0.15) is 11.7 Å². The molecule has 1 saturated carbocycles. The predicted molar refractivity (Wildman–Crippen MR) is 66.6 cm³/mol. The Morgan fingerprint density at radius 1 is 1.47 bits per heavy atom. The van der Waals surface area contributed by atoms with Crippen molar-refractivity contribution >= 4 is 12.2 Å². The number of hydrogen-bond donors (Lipinski definition) is 1. The van der Waals surface area contributed by atoms with Gasteiger partial charge in [-0.15, -0.1) is 0 Å². The molecular formula is C13H20N2O4. The van der Waals surface area contributed by atoms with E-state index in [1.165, 1.54) is 0 Å². The van der Waals surface area contributed by atoms with E-state index in [-0.39, 0.29) is 30.3 Å². The maximum atomic E-state index is 12.1. The Kier molecular flexibility index (Phi) is 2.66. The minimum absolute atomic E-state index is 0.0938. The first-order chi connectivity index (χ1) is 8.85. The highest BCUT2D eigenvalue weighted by Gasteiger charge is 2.58. The number of cyclic esters (lactones) is 1. The lowest BCUT2D eigenvalue weighted by Gasteiger charge is -2.38. The molecule has 19 heavy (non-hydrogen) atoms. The molecule has 2 amide bonds. The molecule has 2 unspecified atom stereocenters. The van der Waals surface area contributed by atoms with Crippen molar-refractivity contribution in [1.82, 2.24) is 10.2 Å². The minimum atomic E-state index is -0.471. The van der Waals surface area contributed by atoms with Crippen LogP contribution in [0.25, 0.3) is 0 Å². The quantitative estimate of drug-likeness (QED) is 0.779. The molecular weight excluding hydrogens is 248 g/mol. The van der Waals surface area contributed by atoms with E-state index in [2.05, 4.69) is 5.32 Å². The fourth-order valence-corrected chi connectivity index (χ4v) is 3.36. The average molecular weight is 268 g/mol. The summed E-state index contributed by atoms with van der Waals surface area (Å²) in [6.45, 7) is 6.87. The number of carbonyl (C=O) groups excluding carboxylic acids is 2. The molecule has 2 bridgehead atoms. The number of alkyl carbamates (subject to hydrolysis) is 1. The highest BCUT2D eigenvalue weighted by Crippen LogP contribution is 2.49. The van der Waals surface area contributed by atoms with Crippen molar-refractivity contribution in [2.75, 3.05) is 13.1 Å². The fourth-order valence-electron chi connectivity index (χ4n) is 3.36. The summed E-state index contributed by atoms with van der Waals surface area (Å²) in [5.41, 5.74) is -0.471. The second kappa shape index (κ2) is 4.02. The molecule has 1 aliphatic carbocycles. The first kappa shape index (κ1) is 12.6. The third-order valence-corrected chi connectivity index (χ3v) is 4.13. The summed E-state index contributed by atoms with van der Waals surface area (Å²) >= 11 is 0. The highest BCUT2D eigenvalue weighted by atomic mass is 16.6. The van der Waals surface area contributed by atoms with E-state index in [4.69, 9.17) is 9.47 Å². The third kappa shape index (κ3) is 2.13. The minimum Gasteiger partial charge on any atom is -0.444 e. The number of amides is 2. The molecule has 0 aromatic carbocycles. The number of rotatable bonds is 1. The van der Waals surface area contributed by atoms with Crippen LogP contribution in [-0.2, 0) is 9.47 Å². The lowest BCUT2D eigenvalue weighted by atomic mass is 9.70. The number of hydrogen-bond acceptors (Lipinski definition) is 4. The zero-order valence-electron chi connectivity index (χ0n) is 11.5. The second-order valence-corrected chi connectivity index (χ2v) is 6.60. The molecule has 0 radical (unpaired) electrons. The van der Waals surface area contributed by atoms with Gasteiger partial charge in [-0.3, -0.25) is 0 Å². The Labute approximate surface area is 112 Å². The van der Waals surface area contributed by atoms with E-state index < -0.39 is 5.60 Å². The molecule has 0 spiro atoms. The first-order valence-electron chi connectivity index (χ1n) is 6.79. The summed E-state index contributed by atoms with van der Waals surface area (Å²) in [6.07, 6.45) is 0.307. The van der Waals surface area contributed by atoms with Crippen LogP contribution in [0.4, 0.5) is 9.59 Å². The van der Waals surface area contributed by atoms with E-state index in [1.54, 1.807) is 4.90 Å². The largest absolute Gasteiger partial charge is 0.444 e. The third-order valence-electron chi connectivity index (χ3n) is 4.13. The van der Waals surface area contributed by atoms with E-state index in [9.17, 15) is 9.59 Å². The predicted octanol–water partition coefficient (Wildman–Crippen LogP) is 1.35. The van der Waals surface area contributed by atoms with Gasteiger partial charge in [0.05, 0.1) is 6.54 Å². The number of fused-ring (bicyclic) bond motifs is 1. The number of nitrogens with one attached hydrogen (secondary N) is 1. The van der Waals surface area contributed by atoms with Gasteiger partial charge in [-0.25, -0.2) is 9.59 Å². The van der Waals surface area contributed by atoms with Gasteiger partial charge in [-0.1, -0.05) is 0 Å².